The number of nitrogens with zero attached hydrogens (tertiary/aromatic N) is 1. The standard InChI is InChI=1S/C19H23NO3/c21-17(13-4-1-2-5-13)12-16-15-11-19-18(22-8-3-9-23-19)10-14(15)6-7-20-16/h10-11,13H,1-9,12H2. The number of ketones is 1. The van der Waals surface area contributed by atoms with Crippen molar-refractivity contribution in [3.63, 3.8) is 0 Å². The van der Waals surface area contributed by atoms with Crippen LogP contribution in [0.25, 0.3) is 0 Å². The summed E-state index contributed by atoms with van der Waals surface area (Å²) >= 11 is 0. The van der Waals surface area contributed by atoms with Gasteiger partial charge in [-0.2, -0.15) is 0 Å². The lowest BCUT2D eigenvalue weighted by Crippen LogP contribution is -2.20. The predicted molar refractivity (Wildman–Crippen MR) is 88.7 cm³/mol. The topological polar surface area (TPSA) is 47.9 Å². The van der Waals surface area contributed by atoms with E-state index in [1.807, 2.05) is 6.07 Å². The molecule has 3 aliphatic rings. The molecule has 23 heavy (non-hydrogen) atoms. The van der Waals surface area contributed by atoms with Crippen LogP contribution in [0, 0.1) is 5.92 Å². The molecule has 0 unspecified atom stereocenters. The lowest BCUT2D eigenvalue weighted by Gasteiger charge is -2.20. The Labute approximate surface area is 136 Å². The molecule has 2 heterocycles. The van der Waals surface area contributed by atoms with Crippen molar-refractivity contribution in [2.75, 3.05) is 19.8 Å². The molecule has 0 saturated heterocycles. The molecular weight excluding hydrogens is 290 g/mol. The number of benzene rings is 1. The highest BCUT2D eigenvalue weighted by Gasteiger charge is 2.26. The number of hydrogen-bond donors (Lipinski definition) is 0. The smallest absolute Gasteiger partial charge is 0.161 e. The average molecular weight is 313 g/mol. The van der Waals surface area contributed by atoms with Gasteiger partial charge in [0.1, 0.15) is 5.78 Å². The first-order valence-electron chi connectivity index (χ1n) is 8.80. The van der Waals surface area contributed by atoms with Crippen molar-refractivity contribution in [3.8, 4) is 11.5 Å². The van der Waals surface area contributed by atoms with Crippen molar-refractivity contribution < 1.29 is 14.3 Å². The van der Waals surface area contributed by atoms with Crippen LogP contribution in [-0.2, 0) is 11.2 Å². The fourth-order valence-corrected chi connectivity index (χ4v) is 3.83. The quantitative estimate of drug-likeness (QED) is 0.860. The van der Waals surface area contributed by atoms with Crippen molar-refractivity contribution in [1.29, 1.82) is 0 Å². The van der Waals surface area contributed by atoms with Gasteiger partial charge in [-0.25, -0.2) is 0 Å². The maximum absolute atomic E-state index is 12.5. The largest absolute Gasteiger partial charge is 0.490 e. The molecule has 0 aromatic heterocycles. The summed E-state index contributed by atoms with van der Waals surface area (Å²) in [6.45, 7) is 2.14. The molecule has 0 bridgehead atoms. The van der Waals surface area contributed by atoms with Gasteiger partial charge in [0.15, 0.2) is 11.5 Å². The summed E-state index contributed by atoms with van der Waals surface area (Å²) in [5, 5.41) is 0. The van der Waals surface area contributed by atoms with E-state index in [4.69, 9.17) is 9.47 Å². The molecule has 0 spiro atoms. The van der Waals surface area contributed by atoms with Gasteiger partial charge in [-0.1, -0.05) is 12.8 Å². The van der Waals surface area contributed by atoms with Gasteiger partial charge in [-0.3, -0.25) is 9.79 Å². The molecule has 1 aromatic carbocycles. The van der Waals surface area contributed by atoms with Gasteiger partial charge in [0.25, 0.3) is 0 Å². The Kier molecular flexibility index (Phi) is 4.06. The number of carbonyl (C=O) groups is 1. The summed E-state index contributed by atoms with van der Waals surface area (Å²) in [5.41, 5.74) is 3.27. The second-order valence-electron chi connectivity index (χ2n) is 6.71. The number of hydrogen-bond acceptors (Lipinski definition) is 4. The molecule has 0 N–H and O–H groups in total. The fraction of sp³-hybridized carbons (Fsp3) is 0.579. The second-order valence-corrected chi connectivity index (χ2v) is 6.71. The lowest BCUT2D eigenvalue weighted by molar-refractivity contribution is -0.121. The summed E-state index contributed by atoms with van der Waals surface area (Å²) in [6.07, 6.45) is 6.78. The van der Waals surface area contributed by atoms with Crippen LogP contribution >= 0.6 is 0 Å². The number of Topliss-reactive ketones (excluding diaryl/α,β-unsaturated/α-hetero) is 1. The summed E-state index contributed by atoms with van der Waals surface area (Å²) < 4.78 is 11.6. The van der Waals surface area contributed by atoms with E-state index in [0.717, 1.165) is 55.0 Å². The third kappa shape index (κ3) is 2.99. The highest BCUT2D eigenvalue weighted by Crippen LogP contribution is 2.35. The maximum Gasteiger partial charge on any atom is 0.161 e. The van der Waals surface area contributed by atoms with Crippen LogP contribution in [0.4, 0.5) is 0 Å². The lowest BCUT2D eigenvalue weighted by atomic mass is 9.90. The van der Waals surface area contributed by atoms with E-state index in [0.29, 0.717) is 25.4 Å². The van der Waals surface area contributed by atoms with Crippen LogP contribution in [0.15, 0.2) is 17.1 Å². The van der Waals surface area contributed by atoms with Gasteiger partial charge in [0, 0.05) is 36.6 Å². The Morgan fingerprint density at radius 2 is 1.83 bits per heavy atom. The summed E-state index contributed by atoms with van der Waals surface area (Å²) in [4.78, 5) is 17.2. The Morgan fingerprint density at radius 3 is 2.61 bits per heavy atom. The van der Waals surface area contributed by atoms with Crippen LogP contribution in [-0.4, -0.2) is 31.3 Å². The first-order chi connectivity index (χ1) is 11.3. The first-order valence-corrected chi connectivity index (χ1v) is 8.80. The third-order valence-electron chi connectivity index (χ3n) is 5.12. The molecule has 0 radical (unpaired) electrons. The molecule has 2 aliphatic heterocycles. The van der Waals surface area contributed by atoms with E-state index in [2.05, 4.69) is 11.1 Å². The Bertz CT molecular complexity index is 644. The van der Waals surface area contributed by atoms with E-state index in [1.54, 1.807) is 0 Å². The zero-order chi connectivity index (χ0) is 15.6. The van der Waals surface area contributed by atoms with Crippen molar-refractivity contribution in [2.45, 2.75) is 44.9 Å². The van der Waals surface area contributed by atoms with E-state index in [9.17, 15) is 4.79 Å². The van der Waals surface area contributed by atoms with Crippen molar-refractivity contribution in [2.24, 2.45) is 10.9 Å². The second kappa shape index (κ2) is 6.34. The highest BCUT2D eigenvalue weighted by molar-refractivity contribution is 6.13. The SMILES string of the molecule is O=C(CC1=NCCc2cc3c(cc21)OCCCO3)C1CCCC1. The van der Waals surface area contributed by atoms with Crippen molar-refractivity contribution >= 4 is 11.5 Å². The molecule has 122 valence electrons. The molecule has 4 rings (SSSR count). The minimum Gasteiger partial charge on any atom is -0.490 e. The number of rotatable bonds is 3. The highest BCUT2D eigenvalue weighted by atomic mass is 16.5. The summed E-state index contributed by atoms with van der Waals surface area (Å²) in [6, 6.07) is 4.13. The number of ether oxygens (including phenoxy) is 2. The summed E-state index contributed by atoms with van der Waals surface area (Å²) in [7, 11) is 0. The zero-order valence-electron chi connectivity index (χ0n) is 13.5. The minimum absolute atomic E-state index is 0.253. The molecule has 1 saturated carbocycles. The molecule has 0 atom stereocenters. The molecule has 4 heteroatoms. The fourth-order valence-electron chi connectivity index (χ4n) is 3.83. The van der Waals surface area contributed by atoms with Crippen LogP contribution in [0.2, 0.25) is 0 Å². The first kappa shape index (κ1) is 14.7. The number of fused-ring (bicyclic) bond motifs is 2. The van der Waals surface area contributed by atoms with E-state index in [1.165, 1.54) is 18.4 Å². The molecule has 4 nitrogen and oxygen atoms in total. The van der Waals surface area contributed by atoms with Crippen molar-refractivity contribution in [3.05, 3.63) is 23.3 Å². The minimum atomic E-state index is 0.253. The van der Waals surface area contributed by atoms with E-state index in [-0.39, 0.29) is 5.92 Å². The molecular formula is C19H23NO3. The molecule has 1 aromatic rings. The normalized spacial score (nSPS) is 20.6. The average Bonchev–Trinajstić information content (AvgIpc) is 3.00. The van der Waals surface area contributed by atoms with Gasteiger partial charge in [-0.15, -0.1) is 0 Å². The number of aliphatic imine (C=N–C) groups is 1. The van der Waals surface area contributed by atoms with Gasteiger partial charge < -0.3 is 9.47 Å². The van der Waals surface area contributed by atoms with Crippen LogP contribution in [0.1, 0.15) is 49.7 Å². The number of carbonyl (C=O) groups excluding carboxylic acids is 1. The van der Waals surface area contributed by atoms with Gasteiger partial charge in [0.2, 0.25) is 0 Å². The Balaban J connectivity index is 1.60. The molecule has 1 fully saturated rings. The Morgan fingerprint density at radius 1 is 1.09 bits per heavy atom. The van der Waals surface area contributed by atoms with E-state index >= 15 is 0 Å². The van der Waals surface area contributed by atoms with Gasteiger partial charge in [-0.05, 0) is 37.0 Å². The van der Waals surface area contributed by atoms with Gasteiger partial charge >= 0.3 is 0 Å². The van der Waals surface area contributed by atoms with E-state index < -0.39 is 0 Å². The van der Waals surface area contributed by atoms with Crippen LogP contribution in [0.3, 0.4) is 0 Å². The summed E-state index contributed by atoms with van der Waals surface area (Å²) in [5.74, 6) is 2.25. The molecule has 1 aliphatic carbocycles. The van der Waals surface area contributed by atoms with Crippen LogP contribution < -0.4 is 9.47 Å². The maximum atomic E-state index is 12.5. The monoisotopic (exact) mass is 313 g/mol. The van der Waals surface area contributed by atoms with Gasteiger partial charge in [0.05, 0.1) is 13.2 Å². The van der Waals surface area contributed by atoms with Crippen LogP contribution in [0.5, 0.6) is 11.5 Å². The van der Waals surface area contributed by atoms with Crippen molar-refractivity contribution in [1.82, 2.24) is 0 Å². The molecule has 0 amide bonds. The zero-order valence-corrected chi connectivity index (χ0v) is 13.5. The third-order valence-corrected chi connectivity index (χ3v) is 5.12. The Hall–Kier alpha value is -1.84. The predicted octanol–water partition coefficient (Wildman–Crippen LogP) is 3.34.